The molecule has 144 valence electrons. The average Bonchev–Trinajstić information content (AvgIpc) is 3.00. The van der Waals surface area contributed by atoms with E-state index >= 15 is 0 Å². The van der Waals surface area contributed by atoms with E-state index in [0.29, 0.717) is 12.6 Å². The summed E-state index contributed by atoms with van der Waals surface area (Å²) in [4.78, 5) is 11.3. The lowest BCUT2D eigenvalue weighted by atomic mass is 9.77. The van der Waals surface area contributed by atoms with Gasteiger partial charge in [0.15, 0.2) is 0 Å². The van der Waals surface area contributed by atoms with Gasteiger partial charge < -0.3 is 15.6 Å². The maximum absolute atomic E-state index is 9.66. The molecule has 1 aliphatic carbocycles. The zero-order chi connectivity index (χ0) is 18.9. The molecule has 4 rings (SSSR count). The summed E-state index contributed by atoms with van der Waals surface area (Å²) in [5.74, 6) is 1.15. The van der Waals surface area contributed by atoms with Crippen LogP contribution in [-0.4, -0.2) is 39.7 Å². The third-order valence-electron chi connectivity index (χ3n) is 5.92. The molecule has 2 aromatic rings. The normalized spacial score (nSPS) is 22.1. The van der Waals surface area contributed by atoms with E-state index in [1.165, 1.54) is 16.8 Å². The first-order chi connectivity index (χ1) is 13.1. The van der Waals surface area contributed by atoms with Gasteiger partial charge in [-0.25, -0.2) is 9.97 Å². The first-order valence-corrected chi connectivity index (χ1v) is 9.83. The highest BCUT2D eigenvalue weighted by Gasteiger charge is 2.43. The van der Waals surface area contributed by atoms with Crippen molar-refractivity contribution in [1.82, 2.24) is 14.9 Å². The Kier molecular flexibility index (Phi) is 5.02. The van der Waals surface area contributed by atoms with Crippen molar-refractivity contribution in [3.8, 4) is 5.75 Å². The molecule has 1 atom stereocenters. The van der Waals surface area contributed by atoms with E-state index in [1.54, 1.807) is 0 Å². The molecule has 2 heterocycles. The first-order valence-electron chi connectivity index (χ1n) is 9.83. The highest BCUT2D eigenvalue weighted by Crippen LogP contribution is 2.44. The van der Waals surface area contributed by atoms with E-state index in [1.807, 2.05) is 19.2 Å². The Morgan fingerprint density at radius 1 is 1.33 bits per heavy atom. The molecule has 1 saturated heterocycles. The molecule has 27 heavy (non-hydrogen) atoms. The van der Waals surface area contributed by atoms with Crippen molar-refractivity contribution >= 4 is 5.95 Å². The minimum Gasteiger partial charge on any atom is -0.494 e. The number of nitrogens with zero attached hydrogens (tertiary/aromatic N) is 3. The topological polar surface area (TPSA) is 84.5 Å². The molecule has 1 fully saturated rings. The number of hydrogen-bond acceptors (Lipinski definition) is 6. The summed E-state index contributed by atoms with van der Waals surface area (Å²) in [5, 5.41) is 9.66. The first kappa shape index (κ1) is 18.2. The van der Waals surface area contributed by atoms with Crippen LogP contribution in [0.5, 0.6) is 5.75 Å². The van der Waals surface area contributed by atoms with Gasteiger partial charge in [-0.3, -0.25) is 4.90 Å². The Hall–Kier alpha value is -2.18. The van der Waals surface area contributed by atoms with Crippen molar-refractivity contribution in [3.63, 3.8) is 0 Å². The van der Waals surface area contributed by atoms with Crippen molar-refractivity contribution in [2.75, 3.05) is 25.4 Å². The van der Waals surface area contributed by atoms with Gasteiger partial charge in [-0.05, 0) is 62.4 Å². The zero-order valence-corrected chi connectivity index (χ0v) is 15.9. The highest BCUT2D eigenvalue weighted by molar-refractivity contribution is 5.38. The lowest BCUT2D eigenvalue weighted by molar-refractivity contribution is 0.136. The Morgan fingerprint density at radius 3 is 3.04 bits per heavy atom. The smallest absolute Gasteiger partial charge is 0.220 e. The van der Waals surface area contributed by atoms with Gasteiger partial charge >= 0.3 is 0 Å². The molecule has 6 nitrogen and oxygen atoms in total. The second-order valence-corrected chi connectivity index (χ2v) is 7.73. The number of aryl methyl sites for hydroxylation is 1. The van der Waals surface area contributed by atoms with E-state index in [2.05, 4.69) is 27.0 Å². The largest absolute Gasteiger partial charge is 0.494 e. The number of nitrogen functional groups attached to an aromatic ring is 1. The van der Waals surface area contributed by atoms with Crippen LogP contribution in [0.25, 0.3) is 0 Å². The fourth-order valence-electron chi connectivity index (χ4n) is 4.72. The number of piperidine rings is 1. The van der Waals surface area contributed by atoms with Crippen molar-refractivity contribution in [3.05, 3.63) is 46.8 Å². The number of rotatable bonds is 5. The number of nitrogens with two attached hydrogens (primary N) is 1. The number of likely N-dealkylation sites (tertiary alicyclic amines) is 1. The SMILES string of the molecule is CCOc1ccc(CN2CCCC3(CCc4cnc(N)nc43)C2)cc1CO. The van der Waals surface area contributed by atoms with Crippen LogP contribution in [0.2, 0.25) is 0 Å². The summed E-state index contributed by atoms with van der Waals surface area (Å²) >= 11 is 0. The van der Waals surface area contributed by atoms with Gasteiger partial charge in [0.1, 0.15) is 5.75 Å². The lowest BCUT2D eigenvalue weighted by Gasteiger charge is -2.40. The molecule has 1 spiro atoms. The molecule has 0 radical (unpaired) electrons. The van der Waals surface area contributed by atoms with Crippen LogP contribution in [0.15, 0.2) is 24.4 Å². The van der Waals surface area contributed by atoms with Crippen molar-refractivity contribution in [1.29, 1.82) is 0 Å². The minimum atomic E-state index is -0.00329. The van der Waals surface area contributed by atoms with E-state index in [-0.39, 0.29) is 12.0 Å². The highest BCUT2D eigenvalue weighted by atomic mass is 16.5. The summed E-state index contributed by atoms with van der Waals surface area (Å²) in [6.07, 6.45) is 6.40. The molecule has 1 aromatic heterocycles. The van der Waals surface area contributed by atoms with E-state index in [0.717, 1.165) is 56.6 Å². The zero-order valence-electron chi connectivity index (χ0n) is 15.9. The predicted octanol–water partition coefficient (Wildman–Crippen LogP) is 2.43. The van der Waals surface area contributed by atoms with Crippen LogP contribution < -0.4 is 10.5 Å². The van der Waals surface area contributed by atoms with Gasteiger partial charge in [0.2, 0.25) is 5.95 Å². The Morgan fingerprint density at radius 2 is 2.22 bits per heavy atom. The third kappa shape index (κ3) is 3.51. The fourth-order valence-corrected chi connectivity index (χ4v) is 4.72. The maximum Gasteiger partial charge on any atom is 0.220 e. The van der Waals surface area contributed by atoms with Crippen LogP contribution in [0.3, 0.4) is 0 Å². The molecule has 0 amide bonds. The van der Waals surface area contributed by atoms with E-state index in [9.17, 15) is 5.11 Å². The number of fused-ring (bicyclic) bond motifs is 2. The van der Waals surface area contributed by atoms with Crippen LogP contribution in [-0.2, 0) is 25.0 Å². The molecule has 1 unspecified atom stereocenters. The Bertz CT molecular complexity index is 822. The summed E-state index contributed by atoms with van der Waals surface area (Å²) in [6.45, 7) is 5.51. The molecule has 0 saturated carbocycles. The summed E-state index contributed by atoms with van der Waals surface area (Å²) in [7, 11) is 0. The third-order valence-corrected chi connectivity index (χ3v) is 5.92. The maximum atomic E-state index is 9.66. The Balaban J connectivity index is 1.53. The van der Waals surface area contributed by atoms with Crippen molar-refractivity contribution in [2.24, 2.45) is 0 Å². The molecule has 6 heteroatoms. The number of ether oxygens (including phenoxy) is 1. The monoisotopic (exact) mass is 368 g/mol. The minimum absolute atomic E-state index is 0.00329. The van der Waals surface area contributed by atoms with Crippen LogP contribution in [0, 0.1) is 0 Å². The van der Waals surface area contributed by atoms with Crippen molar-refractivity contribution < 1.29 is 9.84 Å². The molecule has 2 aliphatic rings. The number of aliphatic hydroxyl groups is 1. The number of benzene rings is 1. The number of hydrogen-bond donors (Lipinski definition) is 2. The summed E-state index contributed by atoms with van der Waals surface area (Å²) in [5.41, 5.74) is 10.5. The molecule has 1 aromatic carbocycles. The molecular formula is C21H28N4O2. The van der Waals surface area contributed by atoms with Crippen LogP contribution in [0.1, 0.15) is 48.6 Å². The molecule has 0 bridgehead atoms. The summed E-state index contributed by atoms with van der Waals surface area (Å²) < 4.78 is 5.60. The van der Waals surface area contributed by atoms with Gasteiger partial charge in [0, 0.05) is 30.3 Å². The van der Waals surface area contributed by atoms with E-state index < -0.39 is 0 Å². The van der Waals surface area contributed by atoms with Gasteiger partial charge in [-0.2, -0.15) is 0 Å². The van der Waals surface area contributed by atoms with Gasteiger partial charge in [0.05, 0.1) is 18.9 Å². The number of anilines is 1. The average molecular weight is 368 g/mol. The second kappa shape index (κ2) is 7.44. The lowest BCUT2D eigenvalue weighted by Crippen LogP contribution is -2.45. The van der Waals surface area contributed by atoms with E-state index in [4.69, 9.17) is 10.5 Å². The second-order valence-electron chi connectivity index (χ2n) is 7.73. The van der Waals surface area contributed by atoms with Gasteiger partial charge in [0.25, 0.3) is 0 Å². The number of aromatic nitrogens is 2. The van der Waals surface area contributed by atoms with Gasteiger partial charge in [-0.1, -0.05) is 6.07 Å². The van der Waals surface area contributed by atoms with Gasteiger partial charge in [-0.15, -0.1) is 0 Å². The standard InChI is InChI=1S/C21H28N4O2/c1-2-27-18-5-4-15(10-17(18)13-26)12-25-9-3-7-21(14-25)8-6-16-11-23-20(22)24-19(16)21/h4-5,10-11,26H,2-3,6-9,12-14H2,1H3,(H2,22,23,24). The van der Waals surface area contributed by atoms with Crippen molar-refractivity contribution in [2.45, 2.75) is 51.2 Å². The molecule has 1 aliphatic heterocycles. The van der Waals surface area contributed by atoms with Crippen LogP contribution in [0.4, 0.5) is 5.95 Å². The Labute approximate surface area is 160 Å². The molecular weight excluding hydrogens is 340 g/mol. The summed E-state index contributed by atoms with van der Waals surface area (Å²) in [6, 6.07) is 6.14. The predicted molar refractivity (Wildman–Crippen MR) is 104 cm³/mol. The van der Waals surface area contributed by atoms with Crippen LogP contribution >= 0.6 is 0 Å². The quantitative estimate of drug-likeness (QED) is 0.843. The molecule has 3 N–H and O–H groups in total. The number of aliphatic hydroxyl groups excluding tert-OH is 1. The fraction of sp³-hybridized carbons (Fsp3) is 0.524.